The predicted octanol–water partition coefficient (Wildman–Crippen LogP) is 0.492. The molecule has 2 aliphatic rings. The molecular weight excluding hydrogens is 501 g/mol. The van der Waals surface area contributed by atoms with E-state index in [0.29, 0.717) is 30.9 Å². The highest BCUT2D eigenvalue weighted by Gasteiger charge is 2.41. The third-order valence-electron chi connectivity index (χ3n) is 5.86. The first-order chi connectivity index (χ1) is 17.6. The highest BCUT2D eigenvalue weighted by Crippen LogP contribution is 2.39. The Kier molecular flexibility index (Phi) is 7.65. The minimum Gasteiger partial charge on any atom is -0.491 e. The highest BCUT2D eigenvalue weighted by molar-refractivity contribution is 6.05. The van der Waals surface area contributed by atoms with Crippen molar-refractivity contribution < 1.29 is 42.8 Å². The SMILES string of the molecule is O=C(NC[C@H](O)C(F)(F)F)c1ccc2c(n1)N(C(=O)Nc1cc(OC[C@H](O)CO)ccn1)C1CCN2C1. The van der Waals surface area contributed by atoms with Crippen molar-refractivity contribution in [2.45, 2.75) is 30.8 Å². The number of carbonyl (C=O) groups is 2. The van der Waals surface area contributed by atoms with Crippen LogP contribution in [0.1, 0.15) is 16.9 Å². The van der Waals surface area contributed by atoms with Crippen molar-refractivity contribution in [1.82, 2.24) is 15.3 Å². The van der Waals surface area contributed by atoms with Gasteiger partial charge in [0.2, 0.25) is 0 Å². The number of urea groups is 1. The summed E-state index contributed by atoms with van der Waals surface area (Å²) in [6.45, 7) is -0.515. The summed E-state index contributed by atoms with van der Waals surface area (Å²) in [5.74, 6) is -0.343. The van der Waals surface area contributed by atoms with E-state index >= 15 is 0 Å². The van der Waals surface area contributed by atoms with Gasteiger partial charge in [-0.3, -0.25) is 15.0 Å². The van der Waals surface area contributed by atoms with E-state index in [1.54, 1.807) is 6.07 Å². The fourth-order valence-corrected chi connectivity index (χ4v) is 3.98. The first-order valence-corrected chi connectivity index (χ1v) is 11.3. The van der Waals surface area contributed by atoms with E-state index < -0.39 is 43.5 Å². The molecule has 2 bridgehead atoms. The molecule has 3 amide bonds. The van der Waals surface area contributed by atoms with Crippen molar-refractivity contribution >= 4 is 29.3 Å². The first-order valence-electron chi connectivity index (χ1n) is 11.3. The third-order valence-corrected chi connectivity index (χ3v) is 5.86. The summed E-state index contributed by atoms with van der Waals surface area (Å²) < 4.78 is 43.0. The predicted molar refractivity (Wildman–Crippen MR) is 124 cm³/mol. The number of amides is 3. The number of aliphatic hydroxyl groups is 3. The number of nitrogens with one attached hydrogen (secondary N) is 2. The van der Waals surface area contributed by atoms with Crippen LogP contribution < -0.4 is 25.2 Å². The van der Waals surface area contributed by atoms with Gasteiger partial charge in [0.05, 0.1) is 24.9 Å². The summed E-state index contributed by atoms with van der Waals surface area (Å²) in [4.78, 5) is 37.4. The van der Waals surface area contributed by atoms with E-state index in [9.17, 15) is 27.9 Å². The lowest BCUT2D eigenvalue weighted by Crippen LogP contribution is -2.48. The molecule has 5 N–H and O–H groups in total. The van der Waals surface area contributed by atoms with Crippen LogP contribution in [0.5, 0.6) is 5.75 Å². The van der Waals surface area contributed by atoms with Gasteiger partial charge in [0.25, 0.3) is 5.91 Å². The summed E-state index contributed by atoms with van der Waals surface area (Å²) in [5, 5.41) is 32.1. The maximum atomic E-state index is 13.3. The summed E-state index contributed by atoms with van der Waals surface area (Å²) in [5.41, 5.74) is 0.364. The number of pyridine rings is 2. The van der Waals surface area contributed by atoms with Crippen molar-refractivity contribution in [1.29, 1.82) is 0 Å². The van der Waals surface area contributed by atoms with Gasteiger partial charge in [-0.25, -0.2) is 14.8 Å². The van der Waals surface area contributed by atoms with E-state index in [2.05, 4.69) is 15.3 Å². The van der Waals surface area contributed by atoms with Gasteiger partial charge in [-0.1, -0.05) is 0 Å². The van der Waals surface area contributed by atoms with Crippen LogP contribution in [0.15, 0.2) is 30.5 Å². The number of halogens is 3. The molecule has 15 heteroatoms. The van der Waals surface area contributed by atoms with Gasteiger partial charge in [0, 0.05) is 25.4 Å². The smallest absolute Gasteiger partial charge is 0.416 e. The number of fused-ring (bicyclic) bond motifs is 4. The second-order valence-electron chi connectivity index (χ2n) is 8.52. The Balaban J connectivity index is 1.51. The van der Waals surface area contributed by atoms with Gasteiger partial charge in [0.15, 0.2) is 11.9 Å². The summed E-state index contributed by atoms with van der Waals surface area (Å²) in [7, 11) is 0. The Morgan fingerprint density at radius 3 is 2.76 bits per heavy atom. The van der Waals surface area contributed by atoms with Crippen molar-refractivity contribution in [2.75, 3.05) is 48.0 Å². The van der Waals surface area contributed by atoms with Gasteiger partial charge in [-0.15, -0.1) is 0 Å². The number of rotatable bonds is 8. The normalized spacial score (nSPS) is 18.2. The van der Waals surface area contributed by atoms with Crippen LogP contribution in [0.25, 0.3) is 0 Å². The van der Waals surface area contributed by atoms with Crippen molar-refractivity contribution in [2.24, 2.45) is 0 Å². The molecule has 2 aromatic heterocycles. The largest absolute Gasteiger partial charge is 0.491 e. The monoisotopic (exact) mass is 526 g/mol. The molecule has 1 saturated heterocycles. The average molecular weight is 526 g/mol. The molecule has 37 heavy (non-hydrogen) atoms. The van der Waals surface area contributed by atoms with E-state index in [-0.39, 0.29) is 30.0 Å². The summed E-state index contributed by atoms with van der Waals surface area (Å²) >= 11 is 0. The van der Waals surface area contributed by atoms with Crippen LogP contribution in [0.3, 0.4) is 0 Å². The number of aromatic nitrogens is 2. The molecule has 1 fully saturated rings. The number of nitrogens with zero attached hydrogens (tertiary/aromatic N) is 4. The van der Waals surface area contributed by atoms with Crippen molar-refractivity contribution in [3.63, 3.8) is 0 Å². The van der Waals surface area contributed by atoms with Crippen LogP contribution in [0.2, 0.25) is 0 Å². The fourth-order valence-electron chi connectivity index (χ4n) is 3.98. The minimum absolute atomic E-state index is 0.137. The molecule has 0 aliphatic carbocycles. The van der Waals surface area contributed by atoms with Crippen LogP contribution in [0.4, 0.5) is 35.3 Å². The lowest BCUT2D eigenvalue weighted by Gasteiger charge is -2.35. The molecule has 4 heterocycles. The Labute approximate surface area is 208 Å². The zero-order valence-electron chi connectivity index (χ0n) is 19.4. The number of hydrogen-bond donors (Lipinski definition) is 5. The zero-order valence-corrected chi connectivity index (χ0v) is 19.4. The highest BCUT2D eigenvalue weighted by atomic mass is 19.4. The molecule has 2 aliphatic heterocycles. The molecule has 0 radical (unpaired) electrons. The molecule has 0 saturated carbocycles. The zero-order chi connectivity index (χ0) is 26.7. The van der Waals surface area contributed by atoms with Crippen LogP contribution >= 0.6 is 0 Å². The maximum Gasteiger partial charge on any atom is 0.416 e. The number of hydrogen-bond acceptors (Lipinski definition) is 9. The molecular formula is C22H25F3N6O6. The van der Waals surface area contributed by atoms with Crippen molar-refractivity contribution in [3.8, 4) is 5.75 Å². The number of anilines is 3. The first kappa shape index (κ1) is 26.4. The third kappa shape index (κ3) is 6.00. The Hall–Kier alpha value is -3.69. The summed E-state index contributed by atoms with van der Waals surface area (Å²) in [6, 6.07) is 4.98. The molecule has 3 atom stereocenters. The lowest BCUT2D eigenvalue weighted by atomic mass is 10.1. The minimum atomic E-state index is -4.88. The second kappa shape index (κ2) is 10.7. The fraction of sp³-hybridized carbons (Fsp3) is 0.455. The quantitative estimate of drug-likeness (QED) is 0.330. The number of aliphatic hydroxyl groups excluding tert-OH is 3. The van der Waals surface area contributed by atoms with Crippen LogP contribution in [-0.2, 0) is 0 Å². The Morgan fingerprint density at radius 2 is 2.03 bits per heavy atom. The lowest BCUT2D eigenvalue weighted by molar-refractivity contribution is -0.201. The van der Waals surface area contributed by atoms with E-state index in [4.69, 9.17) is 14.9 Å². The molecule has 2 aromatic rings. The van der Waals surface area contributed by atoms with Crippen molar-refractivity contribution in [3.05, 3.63) is 36.2 Å². The molecule has 0 aromatic carbocycles. The Bertz CT molecular complexity index is 1150. The number of ether oxygens (including phenoxy) is 1. The van der Waals surface area contributed by atoms with Gasteiger partial charge >= 0.3 is 12.2 Å². The molecule has 12 nitrogen and oxygen atoms in total. The molecule has 200 valence electrons. The molecule has 4 rings (SSSR count). The average Bonchev–Trinajstić information content (AvgIpc) is 3.29. The summed E-state index contributed by atoms with van der Waals surface area (Å²) in [6.07, 6.45) is -6.67. The van der Waals surface area contributed by atoms with Gasteiger partial charge in [-0.2, -0.15) is 13.2 Å². The molecule has 1 unspecified atom stereocenters. The molecule has 0 spiro atoms. The van der Waals surface area contributed by atoms with Gasteiger partial charge in [-0.05, 0) is 24.6 Å². The standard InChI is InChI=1S/C22H25F3N6O6/c23-22(24,25)17(34)8-27-20(35)15-1-2-16-19(28-15)31(12-4-6-30(16)9-12)21(36)29-18-7-14(3-5-26-18)37-11-13(33)10-32/h1-3,5,7,12-13,17,32-34H,4,6,8-11H2,(H,27,35)(H,26,29,36)/t12?,13-,17+/m1/s1. The van der Waals surface area contributed by atoms with Crippen LogP contribution in [0, 0.1) is 0 Å². The number of alkyl halides is 3. The Morgan fingerprint density at radius 1 is 1.24 bits per heavy atom. The topological polar surface area (TPSA) is 160 Å². The van der Waals surface area contributed by atoms with Crippen LogP contribution in [-0.4, -0.2) is 94.5 Å². The van der Waals surface area contributed by atoms with E-state index in [0.717, 1.165) is 0 Å². The van der Waals surface area contributed by atoms with Gasteiger partial charge in [0.1, 0.15) is 30.0 Å². The van der Waals surface area contributed by atoms with E-state index in [1.165, 1.54) is 29.3 Å². The second-order valence-corrected chi connectivity index (χ2v) is 8.52. The van der Waals surface area contributed by atoms with E-state index in [1.807, 2.05) is 10.2 Å². The van der Waals surface area contributed by atoms with Gasteiger partial charge < -0.3 is 30.3 Å². The maximum absolute atomic E-state index is 13.3. The number of carbonyl (C=O) groups excluding carboxylic acids is 2.